The third kappa shape index (κ3) is 3.53. The maximum Gasteiger partial charge on any atom is 0.253 e. The summed E-state index contributed by atoms with van der Waals surface area (Å²) >= 11 is 0. The summed E-state index contributed by atoms with van der Waals surface area (Å²) in [4.78, 5) is 16.0. The molecular weight excluding hydrogens is 242 g/mol. The highest BCUT2D eigenvalue weighted by Gasteiger charge is 2.30. The molecule has 0 aliphatic heterocycles. The largest absolute Gasteiger partial charge is 0.381 e. The smallest absolute Gasteiger partial charge is 0.253 e. The van der Waals surface area contributed by atoms with Gasteiger partial charge in [0.15, 0.2) is 0 Å². The van der Waals surface area contributed by atoms with E-state index < -0.39 is 0 Å². The Hall–Kier alpha value is -1.90. The predicted octanol–water partition coefficient (Wildman–Crippen LogP) is 0.299. The van der Waals surface area contributed by atoms with Crippen molar-refractivity contribution in [1.29, 1.82) is 0 Å². The van der Waals surface area contributed by atoms with Gasteiger partial charge in [-0.3, -0.25) is 9.78 Å². The molecule has 100 valence electrons. The van der Waals surface area contributed by atoms with Gasteiger partial charge in [0, 0.05) is 31.1 Å². The summed E-state index contributed by atoms with van der Waals surface area (Å²) in [6.07, 6.45) is 5.15. The number of nitrogens with one attached hydrogen (secondary N) is 1. The van der Waals surface area contributed by atoms with E-state index in [1.807, 2.05) is 0 Å². The molecule has 1 saturated carbocycles. The second-order valence-electron chi connectivity index (χ2n) is 4.47. The zero-order chi connectivity index (χ0) is 13.7. The Bertz CT molecular complexity index is 513. The van der Waals surface area contributed by atoms with E-state index in [1.54, 1.807) is 19.4 Å². The van der Waals surface area contributed by atoms with Crippen molar-refractivity contribution in [2.24, 2.45) is 5.73 Å². The van der Waals surface area contributed by atoms with E-state index in [9.17, 15) is 4.79 Å². The molecule has 0 atom stereocenters. The molecule has 0 aromatic carbocycles. The van der Waals surface area contributed by atoms with Crippen molar-refractivity contribution in [2.75, 3.05) is 13.7 Å². The number of methoxy groups -OCH3 is 1. The van der Waals surface area contributed by atoms with Crippen LogP contribution in [0.1, 0.15) is 28.8 Å². The molecule has 0 unspecified atom stereocenters. The molecule has 1 heterocycles. The Labute approximate surface area is 112 Å². The number of carbonyl (C=O) groups is 1. The van der Waals surface area contributed by atoms with E-state index in [4.69, 9.17) is 10.5 Å². The molecule has 1 aromatic rings. The quantitative estimate of drug-likeness (QED) is 0.765. The molecule has 1 aliphatic rings. The Morgan fingerprint density at radius 2 is 2.37 bits per heavy atom. The van der Waals surface area contributed by atoms with Crippen molar-refractivity contribution in [3.63, 3.8) is 0 Å². The molecule has 5 heteroatoms. The van der Waals surface area contributed by atoms with Crippen molar-refractivity contribution in [2.45, 2.75) is 25.0 Å². The zero-order valence-corrected chi connectivity index (χ0v) is 10.8. The van der Waals surface area contributed by atoms with Crippen molar-refractivity contribution in [1.82, 2.24) is 10.3 Å². The van der Waals surface area contributed by atoms with Crippen LogP contribution in [-0.2, 0) is 4.74 Å². The van der Waals surface area contributed by atoms with E-state index >= 15 is 0 Å². The fraction of sp³-hybridized carbons (Fsp3) is 0.429. The lowest BCUT2D eigenvalue weighted by Gasteiger charge is -2.34. The molecule has 1 fully saturated rings. The van der Waals surface area contributed by atoms with Crippen LogP contribution in [0.4, 0.5) is 0 Å². The molecule has 0 radical (unpaired) electrons. The first-order valence-electron chi connectivity index (χ1n) is 6.20. The number of hydrogen-bond donors (Lipinski definition) is 2. The number of nitrogens with two attached hydrogens (primary N) is 1. The normalized spacial score (nSPS) is 20.9. The van der Waals surface area contributed by atoms with Crippen LogP contribution in [0.25, 0.3) is 0 Å². The van der Waals surface area contributed by atoms with Crippen LogP contribution >= 0.6 is 0 Å². The van der Waals surface area contributed by atoms with Gasteiger partial charge in [0.05, 0.1) is 18.2 Å². The Morgan fingerprint density at radius 3 is 3.05 bits per heavy atom. The fourth-order valence-corrected chi connectivity index (χ4v) is 1.93. The van der Waals surface area contributed by atoms with E-state index in [-0.39, 0.29) is 24.6 Å². The second kappa shape index (κ2) is 6.32. The molecule has 0 spiro atoms. The van der Waals surface area contributed by atoms with Crippen LogP contribution in [0, 0.1) is 11.8 Å². The minimum atomic E-state index is -0.122. The number of carbonyl (C=O) groups excluding carboxylic acids is 1. The number of pyridine rings is 1. The van der Waals surface area contributed by atoms with Gasteiger partial charge in [0.2, 0.25) is 0 Å². The first kappa shape index (κ1) is 13.5. The van der Waals surface area contributed by atoms with E-state index in [2.05, 4.69) is 22.1 Å². The molecule has 0 saturated heterocycles. The molecule has 19 heavy (non-hydrogen) atoms. The number of amides is 1. The average Bonchev–Trinajstić information content (AvgIpc) is 2.40. The molecule has 1 aromatic heterocycles. The highest BCUT2D eigenvalue weighted by molar-refractivity contribution is 5.94. The van der Waals surface area contributed by atoms with Crippen molar-refractivity contribution < 1.29 is 9.53 Å². The van der Waals surface area contributed by atoms with Gasteiger partial charge >= 0.3 is 0 Å². The maximum atomic E-state index is 12.0. The summed E-state index contributed by atoms with van der Waals surface area (Å²) in [6, 6.07) is 1.91. The van der Waals surface area contributed by atoms with Crippen LogP contribution in [0.3, 0.4) is 0 Å². The predicted molar refractivity (Wildman–Crippen MR) is 71.5 cm³/mol. The minimum absolute atomic E-state index is 0.122. The highest BCUT2D eigenvalue weighted by atomic mass is 16.5. The van der Waals surface area contributed by atoms with Gasteiger partial charge < -0.3 is 15.8 Å². The van der Waals surface area contributed by atoms with Crippen molar-refractivity contribution in [3.8, 4) is 11.8 Å². The number of nitrogens with zero attached hydrogens (tertiary/aromatic N) is 1. The van der Waals surface area contributed by atoms with E-state index in [0.717, 1.165) is 12.8 Å². The second-order valence-corrected chi connectivity index (χ2v) is 4.47. The van der Waals surface area contributed by atoms with Crippen LogP contribution in [-0.4, -0.2) is 36.7 Å². The molecule has 3 N–H and O–H groups in total. The van der Waals surface area contributed by atoms with Gasteiger partial charge in [-0.15, -0.1) is 0 Å². The van der Waals surface area contributed by atoms with Crippen LogP contribution < -0.4 is 11.1 Å². The summed E-state index contributed by atoms with van der Waals surface area (Å²) in [5.41, 5.74) is 6.52. The van der Waals surface area contributed by atoms with Crippen LogP contribution in [0.5, 0.6) is 0 Å². The first-order chi connectivity index (χ1) is 9.22. The maximum absolute atomic E-state index is 12.0. The number of rotatable bonds is 3. The lowest BCUT2D eigenvalue weighted by Crippen LogP contribution is -2.47. The van der Waals surface area contributed by atoms with Gasteiger partial charge in [0.25, 0.3) is 5.91 Å². The first-order valence-corrected chi connectivity index (χ1v) is 6.20. The lowest BCUT2D eigenvalue weighted by atomic mass is 9.89. The molecule has 1 amide bonds. The lowest BCUT2D eigenvalue weighted by molar-refractivity contribution is 0.0176. The summed E-state index contributed by atoms with van der Waals surface area (Å²) in [6.45, 7) is 0.289. The molecule has 1 aliphatic carbocycles. The van der Waals surface area contributed by atoms with Crippen molar-refractivity contribution in [3.05, 3.63) is 29.6 Å². The molecule has 2 rings (SSSR count). The summed E-state index contributed by atoms with van der Waals surface area (Å²) in [5, 5.41) is 2.95. The summed E-state index contributed by atoms with van der Waals surface area (Å²) < 4.78 is 5.17. The van der Waals surface area contributed by atoms with Gasteiger partial charge in [-0.1, -0.05) is 11.8 Å². The summed E-state index contributed by atoms with van der Waals surface area (Å²) in [5.74, 6) is 5.47. The average molecular weight is 259 g/mol. The van der Waals surface area contributed by atoms with Crippen molar-refractivity contribution >= 4 is 5.91 Å². The Kier molecular flexibility index (Phi) is 4.50. The topological polar surface area (TPSA) is 77.2 Å². The number of aromatic nitrogens is 1. The van der Waals surface area contributed by atoms with Gasteiger partial charge in [-0.25, -0.2) is 0 Å². The van der Waals surface area contributed by atoms with Crippen LogP contribution in [0.2, 0.25) is 0 Å². The molecule has 0 bridgehead atoms. The molecular formula is C14H17N3O2. The highest BCUT2D eigenvalue weighted by Crippen LogP contribution is 2.22. The number of ether oxygens (including phenoxy) is 1. The third-order valence-corrected chi connectivity index (χ3v) is 3.10. The van der Waals surface area contributed by atoms with Gasteiger partial charge in [-0.2, -0.15) is 0 Å². The fourth-order valence-electron chi connectivity index (χ4n) is 1.93. The summed E-state index contributed by atoms with van der Waals surface area (Å²) in [7, 11) is 1.69. The van der Waals surface area contributed by atoms with E-state index in [1.165, 1.54) is 6.20 Å². The third-order valence-electron chi connectivity index (χ3n) is 3.10. The Morgan fingerprint density at radius 1 is 1.58 bits per heavy atom. The standard InChI is InChI=1S/C14H17N3O2/c1-19-13-6-12(7-13)17-14(18)11-5-10(3-2-4-15)8-16-9-11/h5,8-9,12-13H,4,6-7,15H2,1H3,(H,17,18). The SMILES string of the molecule is COC1CC(NC(=O)c2cncc(C#CCN)c2)C1. The van der Waals surface area contributed by atoms with Gasteiger partial charge in [0.1, 0.15) is 0 Å². The van der Waals surface area contributed by atoms with Crippen LogP contribution in [0.15, 0.2) is 18.5 Å². The Balaban J connectivity index is 1.95. The monoisotopic (exact) mass is 259 g/mol. The van der Waals surface area contributed by atoms with E-state index in [0.29, 0.717) is 11.1 Å². The number of hydrogen-bond acceptors (Lipinski definition) is 4. The molecule has 5 nitrogen and oxygen atoms in total. The zero-order valence-electron chi connectivity index (χ0n) is 10.8. The minimum Gasteiger partial charge on any atom is -0.381 e. The van der Waals surface area contributed by atoms with Gasteiger partial charge in [-0.05, 0) is 18.9 Å².